The van der Waals surface area contributed by atoms with E-state index in [2.05, 4.69) is 6.92 Å². The molecule has 0 bridgehead atoms. The molecule has 0 aliphatic rings. The Bertz CT molecular complexity index is 568. The molecule has 1 aromatic heterocycles. The number of rotatable bonds is 5. The molecule has 1 N–H and O–H groups in total. The predicted octanol–water partition coefficient (Wildman–Crippen LogP) is 3.48. The Morgan fingerprint density at radius 2 is 2.22 bits per heavy atom. The molecule has 96 valence electrons. The van der Waals surface area contributed by atoms with Gasteiger partial charge in [0.05, 0.1) is 12.7 Å². The lowest BCUT2D eigenvalue weighted by molar-refractivity contribution is 0.0699. The van der Waals surface area contributed by atoms with Gasteiger partial charge in [0, 0.05) is 11.8 Å². The number of hydrogen-bond acceptors (Lipinski definition) is 3. The molecule has 0 amide bonds. The van der Waals surface area contributed by atoms with Crippen molar-refractivity contribution in [2.75, 3.05) is 7.11 Å². The topological polar surface area (TPSA) is 59.7 Å². The summed E-state index contributed by atoms with van der Waals surface area (Å²) in [5, 5.41) is 9.75. The van der Waals surface area contributed by atoms with Gasteiger partial charge >= 0.3 is 5.97 Å². The SMILES string of the molecule is CCCCc1cc2c(C(=O)O)ccc(OC)c2o1. The number of carboxylic acids is 1. The lowest BCUT2D eigenvalue weighted by Gasteiger charge is -2.02. The fourth-order valence-corrected chi connectivity index (χ4v) is 1.97. The van der Waals surface area contributed by atoms with E-state index in [0.29, 0.717) is 16.7 Å². The Balaban J connectivity index is 2.55. The summed E-state index contributed by atoms with van der Waals surface area (Å²) in [6.45, 7) is 2.10. The monoisotopic (exact) mass is 248 g/mol. The minimum atomic E-state index is -0.953. The van der Waals surface area contributed by atoms with Gasteiger partial charge in [-0.15, -0.1) is 0 Å². The largest absolute Gasteiger partial charge is 0.493 e. The van der Waals surface area contributed by atoms with Gasteiger partial charge in [-0.3, -0.25) is 0 Å². The maximum absolute atomic E-state index is 11.2. The van der Waals surface area contributed by atoms with Crippen LogP contribution in [0.5, 0.6) is 5.75 Å². The number of furan rings is 1. The average Bonchev–Trinajstić information content (AvgIpc) is 2.78. The number of unbranched alkanes of at least 4 members (excludes halogenated alkanes) is 1. The molecule has 0 radical (unpaired) electrons. The Morgan fingerprint density at radius 1 is 1.44 bits per heavy atom. The van der Waals surface area contributed by atoms with E-state index in [-0.39, 0.29) is 5.56 Å². The maximum Gasteiger partial charge on any atom is 0.336 e. The smallest absolute Gasteiger partial charge is 0.336 e. The summed E-state index contributed by atoms with van der Waals surface area (Å²) in [4.78, 5) is 11.2. The molecule has 1 heterocycles. The first kappa shape index (κ1) is 12.5. The molecule has 0 aliphatic heterocycles. The molecule has 0 unspecified atom stereocenters. The zero-order valence-electron chi connectivity index (χ0n) is 10.5. The summed E-state index contributed by atoms with van der Waals surface area (Å²) in [6, 6.07) is 4.97. The van der Waals surface area contributed by atoms with E-state index in [1.165, 1.54) is 0 Å². The molecule has 2 rings (SSSR count). The van der Waals surface area contributed by atoms with Crippen molar-refractivity contribution in [1.29, 1.82) is 0 Å². The van der Waals surface area contributed by atoms with Crippen molar-refractivity contribution in [3.8, 4) is 5.75 Å². The summed E-state index contributed by atoms with van der Waals surface area (Å²) in [5.74, 6) is 0.419. The maximum atomic E-state index is 11.2. The number of carbonyl (C=O) groups is 1. The molecule has 0 atom stereocenters. The number of aromatic carboxylic acids is 1. The summed E-state index contributed by atoms with van der Waals surface area (Å²) in [6.07, 6.45) is 2.90. The van der Waals surface area contributed by atoms with Crippen molar-refractivity contribution in [3.63, 3.8) is 0 Å². The molecule has 0 aliphatic carbocycles. The van der Waals surface area contributed by atoms with Gasteiger partial charge in [-0.2, -0.15) is 0 Å². The van der Waals surface area contributed by atoms with Crippen LogP contribution in [0.1, 0.15) is 35.9 Å². The van der Waals surface area contributed by atoms with Crippen molar-refractivity contribution >= 4 is 16.9 Å². The summed E-state index contributed by atoms with van der Waals surface area (Å²) >= 11 is 0. The van der Waals surface area contributed by atoms with Gasteiger partial charge in [-0.05, 0) is 24.6 Å². The van der Waals surface area contributed by atoms with Crippen LogP contribution in [0.25, 0.3) is 11.0 Å². The number of ether oxygens (including phenoxy) is 1. The highest BCUT2D eigenvalue weighted by Gasteiger charge is 2.16. The third kappa shape index (κ3) is 2.18. The van der Waals surface area contributed by atoms with Crippen LogP contribution in [-0.4, -0.2) is 18.2 Å². The molecule has 4 nitrogen and oxygen atoms in total. The Kier molecular flexibility index (Phi) is 3.55. The average molecular weight is 248 g/mol. The van der Waals surface area contributed by atoms with E-state index >= 15 is 0 Å². The minimum Gasteiger partial charge on any atom is -0.493 e. The molecule has 4 heteroatoms. The van der Waals surface area contributed by atoms with E-state index in [1.807, 2.05) is 0 Å². The summed E-state index contributed by atoms with van der Waals surface area (Å²) < 4.78 is 10.9. The van der Waals surface area contributed by atoms with E-state index < -0.39 is 5.97 Å². The zero-order valence-corrected chi connectivity index (χ0v) is 10.5. The third-order valence-corrected chi connectivity index (χ3v) is 2.93. The van der Waals surface area contributed by atoms with Crippen LogP contribution in [-0.2, 0) is 6.42 Å². The number of aryl methyl sites for hydroxylation is 1. The minimum absolute atomic E-state index is 0.247. The van der Waals surface area contributed by atoms with Gasteiger partial charge < -0.3 is 14.3 Å². The highest BCUT2D eigenvalue weighted by Crippen LogP contribution is 2.32. The van der Waals surface area contributed by atoms with Crippen LogP contribution in [0.15, 0.2) is 22.6 Å². The van der Waals surface area contributed by atoms with Gasteiger partial charge in [0.1, 0.15) is 5.76 Å². The van der Waals surface area contributed by atoms with Crippen molar-refractivity contribution in [1.82, 2.24) is 0 Å². The van der Waals surface area contributed by atoms with Gasteiger partial charge in [0.2, 0.25) is 0 Å². The van der Waals surface area contributed by atoms with Crippen LogP contribution in [0.3, 0.4) is 0 Å². The predicted molar refractivity (Wildman–Crippen MR) is 68.3 cm³/mol. The van der Waals surface area contributed by atoms with Crippen molar-refractivity contribution in [2.45, 2.75) is 26.2 Å². The fourth-order valence-electron chi connectivity index (χ4n) is 1.97. The summed E-state index contributed by atoms with van der Waals surface area (Å²) in [7, 11) is 1.55. The fraction of sp³-hybridized carbons (Fsp3) is 0.357. The van der Waals surface area contributed by atoms with Crippen molar-refractivity contribution in [2.24, 2.45) is 0 Å². The van der Waals surface area contributed by atoms with Gasteiger partial charge in [-0.1, -0.05) is 13.3 Å². The summed E-state index contributed by atoms with van der Waals surface area (Å²) in [5.41, 5.74) is 0.765. The highest BCUT2D eigenvalue weighted by molar-refractivity contribution is 6.04. The zero-order chi connectivity index (χ0) is 13.1. The van der Waals surface area contributed by atoms with Gasteiger partial charge in [-0.25, -0.2) is 4.79 Å². The molecular formula is C14H16O4. The second-order valence-electron chi connectivity index (χ2n) is 4.18. The van der Waals surface area contributed by atoms with E-state index in [1.54, 1.807) is 25.3 Å². The Hall–Kier alpha value is -1.97. The molecule has 0 saturated heterocycles. The number of hydrogen-bond donors (Lipinski definition) is 1. The highest BCUT2D eigenvalue weighted by atomic mass is 16.5. The van der Waals surface area contributed by atoms with Crippen LogP contribution in [0, 0.1) is 0 Å². The second kappa shape index (κ2) is 5.12. The van der Waals surface area contributed by atoms with Gasteiger partial charge in [0.15, 0.2) is 11.3 Å². The molecular weight excluding hydrogens is 232 g/mol. The van der Waals surface area contributed by atoms with Crippen molar-refractivity contribution in [3.05, 3.63) is 29.5 Å². The Labute approximate surface area is 105 Å². The van der Waals surface area contributed by atoms with Crippen LogP contribution >= 0.6 is 0 Å². The number of carboxylic acid groups (broad SMARTS) is 1. The van der Waals surface area contributed by atoms with Crippen molar-refractivity contribution < 1.29 is 19.1 Å². The van der Waals surface area contributed by atoms with Crippen LogP contribution in [0.4, 0.5) is 0 Å². The molecule has 0 spiro atoms. The lowest BCUT2D eigenvalue weighted by atomic mass is 10.1. The Morgan fingerprint density at radius 3 is 2.83 bits per heavy atom. The van der Waals surface area contributed by atoms with E-state index in [4.69, 9.17) is 14.3 Å². The lowest BCUT2D eigenvalue weighted by Crippen LogP contribution is -1.97. The van der Waals surface area contributed by atoms with Crippen LogP contribution < -0.4 is 4.74 Å². The number of methoxy groups -OCH3 is 1. The van der Waals surface area contributed by atoms with Crippen LogP contribution in [0.2, 0.25) is 0 Å². The molecule has 1 aromatic carbocycles. The quantitative estimate of drug-likeness (QED) is 0.880. The molecule has 2 aromatic rings. The second-order valence-corrected chi connectivity index (χ2v) is 4.18. The molecule has 0 saturated carbocycles. The van der Waals surface area contributed by atoms with E-state index in [9.17, 15) is 4.79 Å². The molecule has 0 fully saturated rings. The standard InChI is InChI=1S/C14H16O4/c1-3-4-5-9-8-11-10(14(15)16)6-7-12(17-2)13(11)18-9/h6-8H,3-5H2,1-2H3,(H,15,16). The number of fused-ring (bicyclic) bond motifs is 1. The first-order chi connectivity index (χ1) is 8.67. The van der Waals surface area contributed by atoms with E-state index in [0.717, 1.165) is 25.0 Å². The van der Waals surface area contributed by atoms with Gasteiger partial charge in [0.25, 0.3) is 0 Å². The third-order valence-electron chi connectivity index (χ3n) is 2.93. The first-order valence-electron chi connectivity index (χ1n) is 6.00. The molecule has 18 heavy (non-hydrogen) atoms. The number of benzene rings is 1. The normalized spacial score (nSPS) is 10.8. The first-order valence-corrected chi connectivity index (χ1v) is 6.00.